The molecule has 1 atom stereocenters. The summed E-state index contributed by atoms with van der Waals surface area (Å²) >= 11 is 1.74. The van der Waals surface area contributed by atoms with Gasteiger partial charge in [-0.05, 0) is 18.6 Å². The number of thioether (sulfide) groups is 1. The fourth-order valence-electron chi connectivity index (χ4n) is 1.51. The molecule has 19 heavy (non-hydrogen) atoms. The molecule has 5 heteroatoms. The van der Waals surface area contributed by atoms with Crippen LogP contribution in [0.5, 0.6) is 0 Å². The molecule has 0 fully saturated rings. The number of aliphatic hydroxyl groups is 1. The van der Waals surface area contributed by atoms with E-state index >= 15 is 0 Å². The highest BCUT2D eigenvalue weighted by Gasteiger charge is 2.13. The van der Waals surface area contributed by atoms with Gasteiger partial charge in [-0.15, -0.1) is 11.8 Å². The number of benzene rings is 1. The summed E-state index contributed by atoms with van der Waals surface area (Å²) < 4.78 is 0. The smallest absolute Gasteiger partial charge is 0.317 e. The van der Waals surface area contributed by atoms with E-state index in [4.69, 9.17) is 5.11 Å². The van der Waals surface area contributed by atoms with Crippen LogP contribution in [-0.4, -0.2) is 48.0 Å². The van der Waals surface area contributed by atoms with Crippen molar-refractivity contribution in [1.82, 2.24) is 10.2 Å². The van der Waals surface area contributed by atoms with Gasteiger partial charge in [0, 0.05) is 30.3 Å². The Bertz CT molecular complexity index is 373. The number of amides is 2. The first-order chi connectivity index (χ1) is 9.17. The van der Waals surface area contributed by atoms with Gasteiger partial charge in [0.25, 0.3) is 0 Å². The Kier molecular flexibility index (Phi) is 7.36. The Morgan fingerprint density at radius 2 is 2.11 bits per heavy atom. The van der Waals surface area contributed by atoms with E-state index in [1.165, 1.54) is 9.80 Å². The van der Waals surface area contributed by atoms with Crippen LogP contribution in [0.25, 0.3) is 0 Å². The highest BCUT2D eigenvalue weighted by molar-refractivity contribution is 7.99. The van der Waals surface area contributed by atoms with Gasteiger partial charge in [-0.1, -0.05) is 25.1 Å². The number of aliphatic hydroxyl groups excluding tert-OH is 1. The maximum absolute atomic E-state index is 11.8. The van der Waals surface area contributed by atoms with Crippen LogP contribution in [0, 0.1) is 0 Å². The van der Waals surface area contributed by atoms with Gasteiger partial charge in [-0.25, -0.2) is 4.79 Å². The number of hydrogen-bond donors (Lipinski definition) is 2. The third-order valence-electron chi connectivity index (χ3n) is 2.80. The maximum atomic E-state index is 11.8. The van der Waals surface area contributed by atoms with Crippen molar-refractivity contribution in [1.29, 1.82) is 0 Å². The highest BCUT2D eigenvalue weighted by atomic mass is 32.2. The second-order valence-corrected chi connectivity index (χ2v) is 5.42. The number of rotatable bonds is 7. The molecule has 2 amide bonds. The third-order valence-corrected chi connectivity index (χ3v) is 3.97. The van der Waals surface area contributed by atoms with Crippen molar-refractivity contribution in [2.45, 2.75) is 24.3 Å². The van der Waals surface area contributed by atoms with Crippen LogP contribution in [0.1, 0.15) is 13.3 Å². The van der Waals surface area contributed by atoms with E-state index in [1.54, 1.807) is 18.8 Å². The van der Waals surface area contributed by atoms with Crippen molar-refractivity contribution >= 4 is 17.8 Å². The molecule has 0 spiro atoms. The third kappa shape index (κ3) is 5.98. The molecule has 1 aromatic carbocycles. The van der Waals surface area contributed by atoms with Gasteiger partial charge in [0.1, 0.15) is 0 Å². The molecule has 0 saturated carbocycles. The summed E-state index contributed by atoms with van der Waals surface area (Å²) in [6, 6.07) is 10.2. The van der Waals surface area contributed by atoms with E-state index in [1.807, 2.05) is 18.2 Å². The molecular formula is C14H22N2O2S. The molecule has 0 radical (unpaired) electrons. The fraction of sp³-hybridized carbons (Fsp3) is 0.500. The number of urea groups is 1. The van der Waals surface area contributed by atoms with E-state index in [9.17, 15) is 4.79 Å². The molecule has 0 aliphatic rings. The van der Waals surface area contributed by atoms with Gasteiger partial charge < -0.3 is 15.3 Å². The lowest BCUT2D eigenvalue weighted by atomic mass is 10.3. The Morgan fingerprint density at radius 3 is 2.68 bits per heavy atom. The van der Waals surface area contributed by atoms with Gasteiger partial charge in [-0.2, -0.15) is 0 Å². The first kappa shape index (κ1) is 15.9. The zero-order valence-electron chi connectivity index (χ0n) is 11.5. The van der Waals surface area contributed by atoms with Gasteiger partial charge in [0.15, 0.2) is 0 Å². The standard InChI is InChI=1S/C14H22N2O2S/c1-3-12(15-14(18)16(2)9-10-17)11-19-13-7-5-4-6-8-13/h4-8,12,17H,3,9-11H2,1-2H3,(H,15,18). The van der Waals surface area contributed by atoms with Crippen molar-refractivity contribution in [2.75, 3.05) is 26.0 Å². The molecule has 0 saturated heterocycles. The topological polar surface area (TPSA) is 52.6 Å². The van der Waals surface area contributed by atoms with E-state index in [-0.39, 0.29) is 18.7 Å². The SMILES string of the molecule is CCC(CSc1ccccc1)NC(=O)N(C)CCO. The zero-order chi connectivity index (χ0) is 14.1. The second-order valence-electron chi connectivity index (χ2n) is 4.32. The molecule has 1 aromatic rings. The Hall–Kier alpha value is -1.20. The lowest BCUT2D eigenvalue weighted by Crippen LogP contribution is -2.44. The minimum absolute atomic E-state index is 0.0144. The number of carbonyl (C=O) groups is 1. The summed E-state index contributed by atoms with van der Waals surface area (Å²) in [4.78, 5) is 14.5. The number of nitrogens with zero attached hydrogens (tertiary/aromatic N) is 1. The first-order valence-corrected chi connectivity index (χ1v) is 7.46. The van der Waals surface area contributed by atoms with Crippen LogP contribution >= 0.6 is 11.8 Å². The van der Waals surface area contributed by atoms with Gasteiger partial charge >= 0.3 is 6.03 Å². The quantitative estimate of drug-likeness (QED) is 0.754. The predicted molar refractivity (Wildman–Crippen MR) is 79.5 cm³/mol. The van der Waals surface area contributed by atoms with E-state index in [2.05, 4.69) is 24.4 Å². The molecule has 106 valence electrons. The van der Waals surface area contributed by atoms with E-state index in [0.717, 1.165) is 12.2 Å². The van der Waals surface area contributed by atoms with Crippen molar-refractivity contribution in [3.05, 3.63) is 30.3 Å². The summed E-state index contributed by atoms with van der Waals surface area (Å²) in [6.07, 6.45) is 0.887. The minimum Gasteiger partial charge on any atom is -0.395 e. The van der Waals surface area contributed by atoms with Crippen LogP contribution in [0.3, 0.4) is 0 Å². The Morgan fingerprint density at radius 1 is 1.42 bits per heavy atom. The van der Waals surface area contributed by atoms with Gasteiger partial charge in [-0.3, -0.25) is 0 Å². The predicted octanol–water partition coefficient (Wildman–Crippen LogP) is 2.19. The van der Waals surface area contributed by atoms with Crippen molar-refractivity contribution in [2.24, 2.45) is 0 Å². The summed E-state index contributed by atoms with van der Waals surface area (Å²) in [5, 5.41) is 11.8. The largest absolute Gasteiger partial charge is 0.395 e. The number of nitrogens with one attached hydrogen (secondary N) is 1. The molecule has 0 aliphatic carbocycles. The molecule has 1 unspecified atom stereocenters. The van der Waals surface area contributed by atoms with Crippen molar-refractivity contribution in [3.63, 3.8) is 0 Å². The van der Waals surface area contributed by atoms with Crippen LogP contribution in [0.15, 0.2) is 35.2 Å². The minimum atomic E-state index is -0.130. The summed E-state index contributed by atoms with van der Waals surface area (Å²) in [6.45, 7) is 2.40. The Balaban J connectivity index is 2.39. The summed E-state index contributed by atoms with van der Waals surface area (Å²) in [7, 11) is 1.68. The second kappa shape index (κ2) is 8.82. The number of likely N-dealkylation sites (N-methyl/N-ethyl adjacent to an activating group) is 1. The fourth-order valence-corrected chi connectivity index (χ4v) is 2.57. The van der Waals surface area contributed by atoms with Crippen molar-refractivity contribution in [3.8, 4) is 0 Å². The average Bonchev–Trinajstić information content (AvgIpc) is 2.44. The van der Waals surface area contributed by atoms with Crippen LogP contribution in [0.4, 0.5) is 4.79 Å². The zero-order valence-corrected chi connectivity index (χ0v) is 12.3. The molecule has 0 aliphatic heterocycles. The Labute approximate surface area is 119 Å². The molecule has 2 N–H and O–H groups in total. The lowest BCUT2D eigenvalue weighted by molar-refractivity contribution is 0.187. The van der Waals surface area contributed by atoms with Crippen molar-refractivity contribution < 1.29 is 9.90 Å². The van der Waals surface area contributed by atoms with E-state index < -0.39 is 0 Å². The van der Waals surface area contributed by atoms with Crippen LogP contribution in [-0.2, 0) is 0 Å². The van der Waals surface area contributed by atoms with Crippen LogP contribution in [0.2, 0.25) is 0 Å². The van der Waals surface area contributed by atoms with Crippen LogP contribution < -0.4 is 5.32 Å². The molecular weight excluding hydrogens is 260 g/mol. The summed E-state index contributed by atoms with van der Waals surface area (Å²) in [5.41, 5.74) is 0. The maximum Gasteiger partial charge on any atom is 0.317 e. The number of hydrogen-bond acceptors (Lipinski definition) is 3. The monoisotopic (exact) mass is 282 g/mol. The lowest BCUT2D eigenvalue weighted by Gasteiger charge is -2.22. The molecule has 1 rings (SSSR count). The first-order valence-electron chi connectivity index (χ1n) is 6.47. The molecule has 0 bridgehead atoms. The molecule has 0 aromatic heterocycles. The highest BCUT2D eigenvalue weighted by Crippen LogP contribution is 2.18. The molecule has 0 heterocycles. The van der Waals surface area contributed by atoms with Gasteiger partial charge in [0.2, 0.25) is 0 Å². The average molecular weight is 282 g/mol. The van der Waals surface area contributed by atoms with E-state index in [0.29, 0.717) is 6.54 Å². The van der Waals surface area contributed by atoms with Gasteiger partial charge in [0.05, 0.1) is 6.61 Å². The normalized spacial score (nSPS) is 11.9. The summed E-state index contributed by atoms with van der Waals surface area (Å²) in [5.74, 6) is 0.846. The molecule has 4 nitrogen and oxygen atoms in total. The number of carbonyl (C=O) groups excluding carboxylic acids is 1.